The normalized spacial score (nSPS) is 37.4. The number of carbonyl (C=O) groups is 2. The third-order valence-electron chi connectivity index (χ3n) is 7.13. The molecule has 2 aliphatic heterocycles. The average molecular weight is 404 g/mol. The molecule has 7 nitrogen and oxygen atoms in total. The second kappa shape index (κ2) is 6.37. The average Bonchev–Trinajstić information content (AvgIpc) is 3.34. The summed E-state index contributed by atoms with van der Waals surface area (Å²) < 4.78 is 25.2. The van der Waals surface area contributed by atoms with Crippen LogP contribution in [0.2, 0.25) is 0 Å². The molecule has 28 heavy (non-hydrogen) atoms. The van der Waals surface area contributed by atoms with Crippen LogP contribution in [0, 0.1) is 23.7 Å². The quantitative estimate of drug-likeness (QED) is 0.699. The number of nitrogens with zero attached hydrogens (tertiary/aromatic N) is 2. The molecule has 6 atom stereocenters. The summed E-state index contributed by atoms with van der Waals surface area (Å²) in [6.07, 6.45) is 2.23. The summed E-state index contributed by atoms with van der Waals surface area (Å²) in [5.41, 5.74) is 0. The number of rotatable bonds is 4. The highest BCUT2D eigenvalue weighted by molar-refractivity contribution is 7.91. The molecule has 150 valence electrons. The van der Waals surface area contributed by atoms with Gasteiger partial charge in [0.05, 0.1) is 28.6 Å². The van der Waals surface area contributed by atoms with Crippen molar-refractivity contribution in [3.8, 4) is 0 Å². The Kier molecular flexibility index (Phi) is 4.16. The fourth-order valence-corrected chi connectivity index (χ4v) is 7.12. The second-order valence-corrected chi connectivity index (χ2v) is 10.5. The number of amides is 2. The molecule has 5 rings (SSSR count). The molecular weight excluding hydrogens is 380 g/mol. The molecule has 0 spiro atoms. The smallest absolute Gasteiger partial charge is 0.233 e. The van der Waals surface area contributed by atoms with Gasteiger partial charge in [-0.25, -0.2) is 8.42 Å². The number of hydroxylamine groups is 2. The van der Waals surface area contributed by atoms with Crippen molar-refractivity contribution in [3.05, 3.63) is 30.3 Å². The Morgan fingerprint density at radius 1 is 1.11 bits per heavy atom. The minimum Gasteiger partial charge on any atom is -0.295 e. The van der Waals surface area contributed by atoms with Gasteiger partial charge in [0.25, 0.3) is 0 Å². The second-order valence-electron chi connectivity index (χ2n) is 8.41. The van der Waals surface area contributed by atoms with Crippen molar-refractivity contribution in [1.82, 2.24) is 9.96 Å². The van der Waals surface area contributed by atoms with Crippen LogP contribution in [0.25, 0.3) is 0 Å². The lowest BCUT2D eigenvalue weighted by Crippen LogP contribution is -2.42. The molecule has 0 bridgehead atoms. The van der Waals surface area contributed by atoms with E-state index < -0.39 is 9.84 Å². The first-order valence-electron chi connectivity index (χ1n) is 9.91. The van der Waals surface area contributed by atoms with Crippen molar-refractivity contribution in [3.63, 3.8) is 0 Å². The monoisotopic (exact) mass is 404 g/mol. The molecule has 0 aromatic heterocycles. The van der Waals surface area contributed by atoms with E-state index in [1.54, 1.807) is 37.4 Å². The number of imide groups is 1. The van der Waals surface area contributed by atoms with Gasteiger partial charge >= 0.3 is 0 Å². The minimum atomic E-state index is -3.38. The topological polar surface area (TPSA) is 84.0 Å². The van der Waals surface area contributed by atoms with Crippen LogP contribution in [0.15, 0.2) is 35.2 Å². The fraction of sp³-hybridized carbons (Fsp3) is 0.600. The van der Waals surface area contributed by atoms with Crippen molar-refractivity contribution in [2.75, 3.05) is 19.3 Å². The Labute approximate surface area is 164 Å². The van der Waals surface area contributed by atoms with Crippen LogP contribution in [0.5, 0.6) is 0 Å². The van der Waals surface area contributed by atoms with Crippen molar-refractivity contribution in [1.29, 1.82) is 0 Å². The van der Waals surface area contributed by atoms with Gasteiger partial charge < -0.3 is 0 Å². The molecule has 0 unspecified atom stereocenters. The van der Waals surface area contributed by atoms with Crippen molar-refractivity contribution in [2.45, 2.75) is 36.3 Å². The highest BCUT2D eigenvalue weighted by Crippen LogP contribution is 2.56. The zero-order chi connectivity index (χ0) is 19.6. The lowest BCUT2D eigenvalue weighted by molar-refractivity contribution is -0.174. The summed E-state index contributed by atoms with van der Waals surface area (Å²) in [7, 11) is -1.80. The van der Waals surface area contributed by atoms with Crippen LogP contribution in [-0.2, 0) is 24.3 Å². The Hall–Kier alpha value is -1.77. The lowest BCUT2D eigenvalue weighted by atomic mass is 9.67. The maximum Gasteiger partial charge on any atom is 0.233 e. The number of hydrogen-bond acceptors (Lipinski definition) is 6. The Morgan fingerprint density at radius 2 is 1.86 bits per heavy atom. The van der Waals surface area contributed by atoms with Crippen LogP contribution >= 0.6 is 0 Å². The standard InChI is InChI=1S/C20H24N2O5S/c1-21-19(23)14-11-16-18-13(17(14)20(21)24)7-8-15(18)22(27-16)9-10-28(25,26)12-5-3-2-4-6-12/h2-6,13-18H,7-11H2,1H3/t13-,14-,15-,16+,17+,18+/m0/s1. The molecule has 2 aliphatic carbocycles. The molecule has 4 fully saturated rings. The van der Waals surface area contributed by atoms with Gasteiger partial charge in [0.15, 0.2) is 9.84 Å². The molecular formula is C20H24N2O5S. The Morgan fingerprint density at radius 3 is 2.61 bits per heavy atom. The van der Waals surface area contributed by atoms with Gasteiger partial charge in [0, 0.05) is 25.6 Å². The minimum absolute atomic E-state index is 0.00885. The summed E-state index contributed by atoms with van der Waals surface area (Å²) in [5.74, 6) is -0.286. The van der Waals surface area contributed by atoms with Crippen molar-refractivity contribution < 1.29 is 22.8 Å². The number of likely N-dealkylation sites (tertiary alicyclic amines) is 1. The molecule has 8 heteroatoms. The molecule has 0 radical (unpaired) electrons. The molecule has 2 saturated carbocycles. The third kappa shape index (κ3) is 2.58. The van der Waals surface area contributed by atoms with Gasteiger partial charge in [-0.15, -0.1) is 0 Å². The zero-order valence-corrected chi connectivity index (χ0v) is 16.5. The zero-order valence-electron chi connectivity index (χ0n) is 15.7. The van der Waals surface area contributed by atoms with E-state index in [1.165, 1.54) is 4.90 Å². The molecule has 2 amide bonds. The van der Waals surface area contributed by atoms with E-state index in [9.17, 15) is 18.0 Å². The molecule has 2 heterocycles. The van der Waals surface area contributed by atoms with Gasteiger partial charge in [-0.3, -0.25) is 19.3 Å². The van der Waals surface area contributed by atoms with Crippen LogP contribution in [0.1, 0.15) is 19.3 Å². The third-order valence-corrected chi connectivity index (χ3v) is 8.84. The fourth-order valence-electron chi connectivity index (χ4n) is 5.89. The van der Waals surface area contributed by atoms with Crippen LogP contribution in [-0.4, -0.2) is 61.7 Å². The molecule has 2 saturated heterocycles. The van der Waals surface area contributed by atoms with E-state index in [0.717, 1.165) is 12.8 Å². The predicted molar refractivity (Wildman–Crippen MR) is 99.4 cm³/mol. The van der Waals surface area contributed by atoms with E-state index in [2.05, 4.69) is 0 Å². The van der Waals surface area contributed by atoms with E-state index in [4.69, 9.17) is 4.84 Å². The maximum atomic E-state index is 12.6. The highest BCUT2D eigenvalue weighted by Gasteiger charge is 2.63. The van der Waals surface area contributed by atoms with Crippen molar-refractivity contribution >= 4 is 21.7 Å². The van der Waals surface area contributed by atoms with Crippen LogP contribution < -0.4 is 0 Å². The summed E-state index contributed by atoms with van der Waals surface area (Å²) in [5, 5.41) is 1.83. The van der Waals surface area contributed by atoms with Crippen molar-refractivity contribution in [2.24, 2.45) is 23.7 Å². The van der Waals surface area contributed by atoms with E-state index >= 15 is 0 Å². The summed E-state index contributed by atoms with van der Waals surface area (Å²) >= 11 is 0. The van der Waals surface area contributed by atoms with Crippen LogP contribution in [0.3, 0.4) is 0 Å². The Balaban J connectivity index is 1.33. The van der Waals surface area contributed by atoms with E-state index in [1.807, 2.05) is 5.06 Å². The number of benzene rings is 1. The highest BCUT2D eigenvalue weighted by atomic mass is 32.2. The first kappa shape index (κ1) is 18.3. The van der Waals surface area contributed by atoms with E-state index in [0.29, 0.717) is 17.9 Å². The van der Waals surface area contributed by atoms with Crippen LogP contribution in [0.4, 0.5) is 0 Å². The van der Waals surface area contributed by atoms with Gasteiger partial charge in [0.2, 0.25) is 11.8 Å². The molecule has 0 N–H and O–H groups in total. The van der Waals surface area contributed by atoms with Gasteiger partial charge in [-0.05, 0) is 37.3 Å². The first-order valence-corrected chi connectivity index (χ1v) is 11.6. The summed E-state index contributed by atoms with van der Waals surface area (Å²) in [6, 6.07) is 8.60. The number of fused-ring (bicyclic) bond motifs is 2. The number of sulfone groups is 1. The largest absolute Gasteiger partial charge is 0.295 e. The van der Waals surface area contributed by atoms with Gasteiger partial charge in [0.1, 0.15) is 0 Å². The molecule has 1 aromatic carbocycles. The SMILES string of the molecule is CN1C(=O)[C@@H]2[C@@H]3CC[C@H]4[C@@H]3[C@@H](C[C@@H]2C1=O)ON4CCS(=O)(=O)c1ccccc1. The lowest BCUT2D eigenvalue weighted by Gasteiger charge is -2.35. The predicted octanol–water partition coefficient (Wildman–Crippen LogP) is 1.11. The Bertz CT molecular complexity index is 918. The summed E-state index contributed by atoms with van der Waals surface area (Å²) in [6.45, 7) is 0.304. The van der Waals surface area contributed by atoms with Gasteiger partial charge in [-0.2, -0.15) is 5.06 Å². The molecule has 1 aromatic rings. The summed E-state index contributed by atoms with van der Waals surface area (Å²) in [4.78, 5) is 32.8. The molecule has 4 aliphatic rings. The van der Waals surface area contributed by atoms with Gasteiger partial charge in [-0.1, -0.05) is 18.2 Å². The number of hydrogen-bond donors (Lipinski definition) is 0. The first-order chi connectivity index (χ1) is 13.4. The number of carbonyl (C=O) groups excluding carboxylic acids is 2. The van der Waals surface area contributed by atoms with E-state index in [-0.39, 0.29) is 53.4 Å². The maximum absolute atomic E-state index is 12.6.